The highest BCUT2D eigenvalue weighted by molar-refractivity contribution is 5.89. The van der Waals surface area contributed by atoms with E-state index >= 15 is 0 Å². The van der Waals surface area contributed by atoms with Crippen molar-refractivity contribution in [1.82, 2.24) is 24.5 Å². The fraction of sp³-hybridized carbons (Fsp3) is 0.174. The summed E-state index contributed by atoms with van der Waals surface area (Å²) in [5.41, 5.74) is 6.48. The van der Waals surface area contributed by atoms with Crippen molar-refractivity contribution in [2.24, 2.45) is 7.05 Å². The third-order valence-corrected chi connectivity index (χ3v) is 4.75. The maximum Gasteiger partial charge on any atom is 0.115 e. The molecule has 4 rings (SSSR count). The molecule has 3 heterocycles. The van der Waals surface area contributed by atoms with Crippen molar-refractivity contribution in [1.29, 1.82) is 5.26 Å². The van der Waals surface area contributed by atoms with Crippen LogP contribution in [0.2, 0.25) is 0 Å². The van der Waals surface area contributed by atoms with E-state index in [9.17, 15) is 0 Å². The van der Waals surface area contributed by atoms with Crippen LogP contribution in [0.1, 0.15) is 28.7 Å². The van der Waals surface area contributed by atoms with Gasteiger partial charge in [0.05, 0.1) is 41.1 Å². The Bertz CT molecular complexity index is 1290. The minimum atomic E-state index is 0.481. The van der Waals surface area contributed by atoms with Crippen molar-refractivity contribution >= 4 is 10.9 Å². The summed E-state index contributed by atoms with van der Waals surface area (Å²) in [4.78, 5) is 17.1. The summed E-state index contributed by atoms with van der Waals surface area (Å²) in [5, 5.41) is 9.93. The van der Waals surface area contributed by atoms with E-state index in [4.69, 9.17) is 10.2 Å². The smallest absolute Gasteiger partial charge is 0.115 e. The first kappa shape index (κ1) is 18.3. The molecule has 29 heavy (non-hydrogen) atoms. The van der Waals surface area contributed by atoms with Gasteiger partial charge in [0.1, 0.15) is 6.33 Å². The first-order valence-electron chi connectivity index (χ1n) is 9.20. The van der Waals surface area contributed by atoms with Crippen molar-refractivity contribution in [2.45, 2.75) is 19.8 Å². The van der Waals surface area contributed by atoms with Crippen molar-refractivity contribution < 1.29 is 0 Å². The average molecular weight is 378 g/mol. The number of hydrogen-bond acceptors (Lipinski definition) is 5. The van der Waals surface area contributed by atoms with Gasteiger partial charge in [0.2, 0.25) is 0 Å². The lowest BCUT2D eigenvalue weighted by atomic mass is 9.98. The minimum Gasteiger partial charge on any atom is -0.332 e. The molecule has 0 aliphatic carbocycles. The Morgan fingerprint density at radius 2 is 1.86 bits per heavy atom. The zero-order chi connectivity index (χ0) is 20.2. The number of nitriles is 1. The lowest BCUT2D eigenvalue weighted by Crippen LogP contribution is -1.97. The van der Waals surface area contributed by atoms with Crippen molar-refractivity contribution in [3.63, 3.8) is 0 Å². The number of pyridine rings is 1. The number of benzene rings is 1. The van der Waals surface area contributed by atoms with Crippen LogP contribution < -0.4 is 0 Å². The third-order valence-electron chi connectivity index (χ3n) is 4.75. The van der Waals surface area contributed by atoms with Gasteiger partial charge in [-0.25, -0.2) is 19.9 Å². The predicted octanol–water partition coefficient (Wildman–Crippen LogP) is 3.59. The molecule has 0 aliphatic heterocycles. The van der Waals surface area contributed by atoms with Gasteiger partial charge in [0.15, 0.2) is 0 Å². The Kier molecular flexibility index (Phi) is 5.01. The maximum absolute atomic E-state index is 8.96. The van der Waals surface area contributed by atoms with E-state index in [1.54, 1.807) is 24.9 Å². The van der Waals surface area contributed by atoms with Gasteiger partial charge < -0.3 is 4.57 Å². The van der Waals surface area contributed by atoms with Crippen LogP contribution in [0.25, 0.3) is 22.3 Å². The SMILES string of the molecule is Cc1cc2nc(-c3cncn3C)cc(C#Cc3cncnc3)c2cc1CCC#N. The van der Waals surface area contributed by atoms with Gasteiger partial charge in [-0.2, -0.15) is 5.26 Å². The van der Waals surface area contributed by atoms with Crippen LogP contribution >= 0.6 is 0 Å². The monoisotopic (exact) mass is 378 g/mol. The summed E-state index contributed by atoms with van der Waals surface area (Å²) in [7, 11) is 1.94. The summed E-state index contributed by atoms with van der Waals surface area (Å²) in [5.74, 6) is 6.40. The molecule has 140 valence electrons. The van der Waals surface area contributed by atoms with Crippen molar-refractivity contribution in [2.75, 3.05) is 0 Å². The van der Waals surface area contributed by atoms with E-state index < -0.39 is 0 Å². The number of aryl methyl sites for hydroxylation is 3. The van der Waals surface area contributed by atoms with E-state index in [2.05, 4.69) is 51.9 Å². The normalized spacial score (nSPS) is 10.4. The van der Waals surface area contributed by atoms with E-state index in [1.807, 2.05) is 17.7 Å². The summed E-state index contributed by atoms with van der Waals surface area (Å²) in [6, 6.07) is 8.38. The molecule has 4 aromatic rings. The second-order valence-corrected chi connectivity index (χ2v) is 6.78. The van der Waals surface area contributed by atoms with Gasteiger partial charge >= 0.3 is 0 Å². The Morgan fingerprint density at radius 1 is 1.03 bits per heavy atom. The number of nitrogens with zero attached hydrogens (tertiary/aromatic N) is 6. The fourth-order valence-electron chi connectivity index (χ4n) is 3.22. The third kappa shape index (κ3) is 3.83. The number of hydrogen-bond donors (Lipinski definition) is 0. The molecule has 0 N–H and O–H groups in total. The highest BCUT2D eigenvalue weighted by atomic mass is 15.0. The van der Waals surface area contributed by atoms with Crippen LogP contribution in [-0.4, -0.2) is 24.5 Å². The Morgan fingerprint density at radius 3 is 2.59 bits per heavy atom. The first-order valence-corrected chi connectivity index (χ1v) is 9.20. The summed E-state index contributed by atoms with van der Waals surface area (Å²) in [6.45, 7) is 2.05. The molecule has 0 unspecified atom stereocenters. The minimum absolute atomic E-state index is 0.481. The topological polar surface area (TPSA) is 80.3 Å². The molecule has 0 radical (unpaired) electrons. The summed E-state index contributed by atoms with van der Waals surface area (Å²) < 4.78 is 1.94. The summed E-state index contributed by atoms with van der Waals surface area (Å²) in [6.07, 6.45) is 9.60. The molecule has 0 spiro atoms. The standard InChI is InChI=1S/C23H18N6/c1-16-8-21-20(9-18(16)4-3-7-24)19(6-5-17-11-25-14-26-12-17)10-22(28-21)23-13-27-15-29(23)2/h8-15H,3-4H2,1-2H3. The van der Waals surface area contributed by atoms with Gasteiger partial charge in [-0.1, -0.05) is 11.8 Å². The highest BCUT2D eigenvalue weighted by Crippen LogP contribution is 2.27. The number of rotatable bonds is 3. The zero-order valence-corrected chi connectivity index (χ0v) is 16.2. The van der Waals surface area contributed by atoms with Gasteiger partial charge in [-0.3, -0.25) is 0 Å². The molecule has 6 nitrogen and oxygen atoms in total. The lowest BCUT2D eigenvalue weighted by molar-refractivity contribution is 0.917. The molecule has 0 fully saturated rings. The van der Waals surface area contributed by atoms with Gasteiger partial charge in [0.25, 0.3) is 0 Å². The van der Waals surface area contributed by atoms with Gasteiger partial charge in [0, 0.05) is 36.8 Å². The lowest BCUT2D eigenvalue weighted by Gasteiger charge is -2.10. The first-order chi connectivity index (χ1) is 14.2. The molecule has 0 bridgehead atoms. The molecule has 1 aromatic carbocycles. The predicted molar refractivity (Wildman–Crippen MR) is 111 cm³/mol. The van der Waals surface area contributed by atoms with Crippen LogP contribution in [0.4, 0.5) is 0 Å². The molecular weight excluding hydrogens is 360 g/mol. The molecular formula is C23H18N6. The van der Waals surface area contributed by atoms with Crippen molar-refractivity contribution in [3.8, 4) is 29.3 Å². The largest absolute Gasteiger partial charge is 0.332 e. The van der Waals surface area contributed by atoms with Crippen LogP contribution in [-0.2, 0) is 13.5 Å². The number of fused-ring (bicyclic) bond motifs is 1. The number of aromatic nitrogens is 5. The zero-order valence-electron chi connectivity index (χ0n) is 16.2. The Labute approximate surface area is 168 Å². The van der Waals surface area contributed by atoms with E-state index in [0.717, 1.165) is 44.5 Å². The van der Waals surface area contributed by atoms with Crippen LogP contribution in [0.15, 0.2) is 49.4 Å². The van der Waals surface area contributed by atoms with Crippen LogP contribution in [0, 0.1) is 30.1 Å². The van der Waals surface area contributed by atoms with Crippen LogP contribution in [0.5, 0.6) is 0 Å². The molecule has 0 amide bonds. The molecule has 6 heteroatoms. The molecule has 0 aliphatic rings. The maximum atomic E-state index is 8.96. The molecule has 0 saturated heterocycles. The van der Waals surface area contributed by atoms with Gasteiger partial charge in [-0.15, -0.1) is 0 Å². The quantitative estimate of drug-likeness (QED) is 0.509. The van der Waals surface area contributed by atoms with E-state index in [0.29, 0.717) is 12.8 Å². The highest BCUT2D eigenvalue weighted by Gasteiger charge is 2.11. The Balaban J connectivity index is 1.92. The second-order valence-electron chi connectivity index (χ2n) is 6.78. The van der Waals surface area contributed by atoms with E-state index in [1.165, 1.54) is 6.33 Å². The molecule has 3 aromatic heterocycles. The Hall–Kier alpha value is -4.03. The van der Waals surface area contributed by atoms with E-state index in [-0.39, 0.29) is 0 Å². The van der Waals surface area contributed by atoms with Gasteiger partial charge in [-0.05, 0) is 42.7 Å². The number of imidazole rings is 1. The van der Waals surface area contributed by atoms with Crippen LogP contribution in [0.3, 0.4) is 0 Å². The average Bonchev–Trinajstić information content (AvgIpc) is 3.17. The fourth-order valence-corrected chi connectivity index (χ4v) is 3.22. The van der Waals surface area contributed by atoms with Crippen molar-refractivity contribution in [3.05, 3.63) is 71.7 Å². The molecule has 0 saturated carbocycles. The summed E-state index contributed by atoms with van der Waals surface area (Å²) >= 11 is 0. The second kappa shape index (κ2) is 7.92. The molecule has 0 atom stereocenters.